The molecule has 2 heterocycles. The molecule has 0 aliphatic heterocycles. The zero-order valence-corrected chi connectivity index (χ0v) is 13.9. The summed E-state index contributed by atoms with van der Waals surface area (Å²) < 4.78 is 5.46. The molecule has 22 heavy (non-hydrogen) atoms. The van der Waals surface area contributed by atoms with Gasteiger partial charge in [0.1, 0.15) is 5.52 Å². The van der Waals surface area contributed by atoms with E-state index in [0.717, 1.165) is 10.6 Å². The van der Waals surface area contributed by atoms with Crippen LogP contribution in [0.3, 0.4) is 0 Å². The second kappa shape index (κ2) is 6.24. The van der Waals surface area contributed by atoms with Gasteiger partial charge in [0.05, 0.1) is 16.5 Å². The third-order valence-electron chi connectivity index (χ3n) is 3.09. The molecular weight excluding hydrogens is 341 g/mol. The largest absolute Gasteiger partial charge is 0.422 e. The summed E-state index contributed by atoms with van der Waals surface area (Å²) in [6, 6.07) is 9.03. The van der Waals surface area contributed by atoms with Crippen molar-refractivity contribution < 1.29 is 9.53 Å². The molecule has 2 aromatic heterocycles. The van der Waals surface area contributed by atoms with E-state index in [-0.39, 0.29) is 23.2 Å². The van der Waals surface area contributed by atoms with Gasteiger partial charge in [0.15, 0.2) is 5.75 Å². The molecule has 3 rings (SSSR count). The number of hydrogen-bond acceptors (Lipinski definition) is 4. The first kappa shape index (κ1) is 15.3. The number of pyridine rings is 1. The van der Waals surface area contributed by atoms with Crippen LogP contribution < -0.4 is 4.74 Å². The highest BCUT2D eigenvalue weighted by molar-refractivity contribution is 7.10. The third-order valence-corrected chi connectivity index (χ3v) is 4.56. The van der Waals surface area contributed by atoms with Gasteiger partial charge in [-0.2, -0.15) is 0 Å². The molecule has 0 bridgehead atoms. The van der Waals surface area contributed by atoms with Crippen LogP contribution in [0.25, 0.3) is 10.9 Å². The van der Waals surface area contributed by atoms with Crippen molar-refractivity contribution in [1.82, 2.24) is 4.98 Å². The Morgan fingerprint density at radius 1 is 1.27 bits per heavy atom. The van der Waals surface area contributed by atoms with E-state index in [2.05, 4.69) is 4.98 Å². The standard InChI is InChI=1S/C16H11Cl2NO2S/c1-9-4-5-11-12(17)8-13(18)16(15(11)19-9)21-14(20)7-10-3-2-6-22-10/h2-6,8H,7H2,1H3. The Morgan fingerprint density at radius 3 is 2.82 bits per heavy atom. The monoisotopic (exact) mass is 351 g/mol. The number of aryl methyl sites for hydroxylation is 1. The maximum Gasteiger partial charge on any atom is 0.316 e. The summed E-state index contributed by atoms with van der Waals surface area (Å²) in [6.07, 6.45) is 0.198. The lowest BCUT2D eigenvalue weighted by Gasteiger charge is -2.10. The Bertz CT molecular complexity index is 847. The van der Waals surface area contributed by atoms with E-state index >= 15 is 0 Å². The van der Waals surface area contributed by atoms with Crippen LogP contribution in [0.1, 0.15) is 10.6 Å². The maximum atomic E-state index is 12.1. The van der Waals surface area contributed by atoms with Gasteiger partial charge >= 0.3 is 5.97 Å². The summed E-state index contributed by atoms with van der Waals surface area (Å²) in [6.45, 7) is 1.85. The molecule has 3 nitrogen and oxygen atoms in total. The minimum absolute atomic E-state index is 0.198. The number of benzene rings is 1. The van der Waals surface area contributed by atoms with E-state index in [0.29, 0.717) is 15.9 Å². The van der Waals surface area contributed by atoms with Crippen LogP contribution >= 0.6 is 34.5 Å². The number of aromatic nitrogens is 1. The molecule has 0 saturated carbocycles. The first-order valence-corrected chi connectivity index (χ1v) is 8.16. The van der Waals surface area contributed by atoms with Crippen LogP contribution in [0, 0.1) is 6.92 Å². The second-order valence-corrected chi connectivity index (χ2v) is 6.59. The molecule has 112 valence electrons. The minimum atomic E-state index is -0.378. The fraction of sp³-hybridized carbons (Fsp3) is 0.125. The van der Waals surface area contributed by atoms with Gasteiger partial charge in [-0.25, -0.2) is 4.98 Å². The van der Waals surface area contributed by atoms with Gasteiger partial charge in [0.2, 0.25) is 0 Å². The molecular formula is C16H11Cl2NO2S. The lowest BCUT2D eigenvalue weighted by molar-refractivity contribution is -0.133. The van der Waals surface area contributed by atoms with Crippen LogP contribution in [0.4, 0.5) is 0 Å². The number of halogens is 2. The second-order valence-electron chi connectivity index (χ2n) is 4.75. The van der Waals surface area contributed by atoms with Gasteiger partial charge in [-0.1, -0.05) is 29.3 Å². The Balaban J connectivity index is 1.99. The van der Waals surface area contributed by atoms with Crippen molar-refractivity contribution in [3.05, 3.63) is 56.3 Å². The molecule has 0 spiro atoms. The van der Waals surface area contributed by atoms with Gasteiger partial charge in [-0.3, -0.25) is 4.79 Å². The topological polar surface area (TPSA) is 39.2 Å². The summed E-state index contributed by atoms with van der Waals surface area (Å²) in [5.74, 6) is -0.123. The van der Waals surface area contributed by atoms with E-state index in [1.807, 2.05) is 36.6 Å². The molecule has 0 aliphatic carbocycles. The zero-order chi connectivity index (χ0) is 15.7. The predicted molar refractivity (Wildman–Crippen MR) is 90.2 cm³/mol. The van der Waals surface area contributed by atoms with Gasteiger partial charge in [-0.15, -0.1) is 11.3 Å². The molecule has 6 heteroatoms. The Labute approximate surface area is 141 Å². The Morgan fingerprint density at radius 2 is 2.09 bits per heavy atom. The van der Waals surface area contributed by atoms with E-state index in [1.165, 1.54) is 11.3 Å². The summed E-state index contributed by atoms with van der Waals surface area (Å²) in [4.78, 5) is 17.4. The van der Waals surface area contributed by atoms with Crippen LogP contribution in [-0.4, -0.2) is 11.0 Å². The summed E-state index contributed by atoms with van der Waals surface area (Å²) in [5.41, 5.74) is 1.29. The van der Waals surface area contributed by atoms with Crippen molar-refractivity contribution in [2.45, 2.75) is 13.3 Å². The van der Waals surface area contributed by atoms with Crippen LogP contribution in [0.15, 0.2) is 35.7 Å². The third kappa shape index (κ3) is 3.09. The summed E-state index contributed by atoms with van der Waals surface area (Å²) in [7, 11) is 0. The van der Waals surface area contributed by atoms with Crippen LogP contribution in [0.2, 0.25) is 10.0 Å². The van der Waals surface area contributed by atoms with Gasteiger partial charge in [-0.05, 0) is 36.6 Å². The van der Waals surface area contributed by atoms with E-state index in [1.54, 1.807) is 6.07 Å². The molecule has 0 N–H and O–H groups in total. The van der Waals surface area contributed by atoms with Crippen molar-refractivity contribution in [2.75, 3.05) is 0 Å². The average molecular weight is 352 g/mol. The van der Waals surface area contributed by atoms with Gasteiger partial charge in [0, 0.05) is 16.0 Å². The average Bonchev–Trinajstić information content (AvgIpc) is 2.96. The number of hydrogen-bond donors (Lipinski definition) is 0. The summed E-state index contributed by atoms with van der Waals surface area (Å²) in [5, 5.41) is 3.37. The lowest BCUT2D eigenvalue weighted by Crippen LogP contribution is -2.11. The number of thiophene rings is 1. The quantitative estimate of drug-likeness (QED) is 0.489. The number of carbonyl (C=O) groups is 1. The van der Waals surface area contributed by atoms with Gasteiger partial charge in [0.25, 0.3) is 0 Å². The zero-order valence-electron chi connectivity index (χ0n) is 11.6. The number of rotatable bonds is 3. The van der Waals surface area contributed by atoms with Crippen molar-refractivity contribution in [3.63, 3.8) is 0 Å². The smallest absolute Gasteiger partial charge is 0.316 e. The van der Waals surface area contributed by atoms with E-state index in [9.17, 15) is 4.79 Å². The predicted octanol–water partition coefficient (Wildman–Crippen LogP) is 5.06. The Hall–Kier alpha value is -1.62. The molecule has 0 aliphatic rings. The SMILES string of the molecule is Cc1ccc2c(Cl)cc(Cl)c(OC(=O)Cc3cccs3)c2n1. The van der Waals surface area contributed by atoms with Gasteiger partial charge < -0.3 is 4.74 Å². The molecule has 0 amide bonds. The summed E-state index contributed by atoms with van der Waals surface area (Å²) >= 11 is 13.9. The normalized spacial score (nSPS) is 10.9. The van der Waals surface area contributed by atoms with Crippen LogP contribution in [-0.2, 0) is 11.2 Å². The Kier molecular flexibility index (Phi) is 4.34. The number of fused-ring (bicyclic) bond motifs is 1. The maximum absolute atomic E-state index is 12.1. The van der Waals surface area contributed by atoms with Crippen molar-refractivity contribution in [1.29, 1.82) is 0 Å². The highest BCUT2D eigenvalue weighted by Gasteiger charge is 2.17. The molecule has 0 saturated heterocycles. The number of nitrogens with zero attached hydrogens (tertiary/aromatic N) is 1. The number of ether oxygens (including phenoxy) is 1. The first-order chi connectivity index (χ1) is 10.5. The van der Waals surface area contributed by atoms with Crippen LogP contribution in [0.5, 0.6) is 5.75 Å². The number of carbonyl (C=O) groups excluding carboxylic acids is 1. The molecule has 0 atom stereocenters. The van der Waals surface area contributed by atoms with E-state index < -0.39 is 0 Å². The van der Waals surface area contributed by atoms with Crippen molar-refractivity contribution in [2.24, 2.45) is 0 Å². The highest BCUT2D eigenvalue weighted by Crippen LogP contribution is 2.37. The molecule has 1 aromatic carbocycles. The van der Waals surface area contributed by atoms with Crippen molar-refractivity contribution >= 4 is 51.4 Å². The molecule has 0 unspecified atom stereocenters. The molecule has 0 radical (unpaired) electrons. The fourth-order valence-electron chi connectivity index (χ4n) is 2.09. The first-order valence-electron chi connectivity index (χ1n) is 6.53. The number of esters is 1. The highest BCUT2D eigenvalue weighted by atomic mass is 35.5. The van der Waals surface area contributed by atoms with Crippen molar-refractivity contribution in [3.8, 4) is 5.75 Å². The molecule has 0 fully saturated rings. The fourth-order valence-corrected chi connectivity index (χ4v) is 3.34. The van der Waals surface area contributed by atoms with E-state index in [4.69, 9.17) is 27.9 Å². The molecule has 3 aromatic rings. The lowest BCUT2D eigenvalue weighted by atomic mass is 10.2. The minimum Gasteiger partial charge on any atom is -0.422 e.